The first-order valence-corrected chi connectivity index (χ1v) is 6.07. The molecule has 0 aliphatic carbocycles. The highest BCUT2D eigenvalue weighted by atomic mass is 35.5. The summed E-state index contributed by atoms with van der Waals surface area (Å²) >= 11 is 5.72. The summed E-state index contributed by atoms with van der Waals surface area (Å²) in [6.07, 6.45) is 1.61. The van der Waals surface area contributed by atoms with E-state index in [4.69, 9.17) is 16.0 Å². The maximum absolute atomic E-state index is 13.0. The van der Waals surface area contributed by atoms with Crippen molar-refractivity contribution in [2.45, 2.75) is 26.4 Å². The fourth-order valence-corrected chi connectivity index (χ4v) is 1.65. The van der Waals surface area contributed by atoms with Crippen LogP contribution in [0.5, 0.6) is 0 Å². The third-order valence-electron chi connectivity index (χ3n) is 2.42. The zero-order chi connectivity index (χ0) is 13.1. The van der Waals surface area contributed by atoms with Crippen LogP contribution in [0, 0.1) is 5.82 Å². The summed E-state index contributed by atoms with van der Waals surface area (Å²) in [5.41, 5.74) is 0.713. The fraction of sp³-hybridized carbons (Fsp3) is 0.308. The van der Waals surface area contributed by atoms with Gasteiger partial charge in [-0.05, 0) is 18.2 Å². The minimum Gasteiger partial charge on any atom is -0.439 e. The summed E-state index contributed by atoms with van der Waals surface area (Å²) in [6.45, 7) is 4.65. The zero-order valence-corrected chi connectivity index (χ0v) is 11.0. The molecule has 0 fully saturated rings. The lowest BCUT2D eigenvalue weighted by atomic mass is 10.2. The smallest absolute Gasteiger partial charge is 0.208 e. The molecule has 1 aromatic heterocycles. The Hall–Kier alpha value is -1.39. The molecule has 0 unspecified atom stereocenters. The summed E-state index contributed by atoms with van der Waals surface area (Å²) in [4.78, 5) is 4.15. The summed E-state index contributed by atoms with van der Waals surface area (Å²) in [5.74, 6) is 0.734. The molecule has 0 bridgehead atoms. The number of rotatable bonds is 4. The Morgan fingerprint density at radius 1 is 1.44 bits per heavy atom. The number of oxazole rings is 1. The number of nitrogens with zero attached hydrogens (tertiary/aromatic N) is 1. The van der Waals surface area contributed by atoms with Crippen molar-refractivity contribution in [1.82, 2.24) is 10.3 Å². The molecule has 0 saturated carbocycles. The van der Waals surface area contributed by atoms with Crippen molar-refractivity contribution in [2.75, 3.05) is 0 Å². The Morgan fingerprint density at radius 2 is 2.22 bits per heavy atom. The summed E-state index contributed by atoms with van der Waals surface area (Å²) in [7, 11) is 0. The first kappa shape index (κ1) is 13.1. The van der Waals surface area contributed by atoms with Gasteiger partial charge in [0.25, 0.3) is 0 Å². The van der Waals surface area contributed by atoms with Crippen LogP contribution in [0.4, 0.5) is 4.39 Å². The molecule has 5 heteroatoms. The average molecular weight is 269 g/mol. The van der Waals surface area contributed by atoms with Crippen LogP contribution >= 0.6 is 11.6 Å². The van der Waals surface area contributed by atoms with Crippen molar-refractivity contribution in [3.05, 3.63) is 41.1 Å². The number of hydrogen-bond donors (Lipinski definition) is 1. The molecule has 0 spiro atoms. The van der Waals surface area contributed by atoms with Crippen molar-refractivity contribution in [3.63, 3.8) is 0 Å². The average Bonchev–Trinajstić information content (AvgIpc) is 2.79. The number of hydrogen-bond acceptors (Lipinski definition) is 3. The minimum absolute atomic E-state index is 0.0748. The molecule has 2 aromatic rings. The van der Waals surface area contributed by atoms with Gasteiger partial charge >= 0.3 is 0 Å². The van der Waals surface area contributed by atoms with E-state index in [1.165, 1.54) is 12.1 Å². The highest BCUT2D eigenvalue weighted by molar-refractivity contribution is 6.31. The van der Waals surface area contributed by atoms with Gasteiger partial charge in [0.1, 0.15) is 5.82 Å². The Bertz CT molecular complexity index is 540. The molecule has 18 heavy (non-hydrogen) atoms. The highest BCUT2D eigenvalue weighted by Gasteiger charge is 2.09. The molecule has 96 valence electrons. The normalized spacial score (nSPS) is 11.2. The van der Waals surface area contributed by atoms with E-state index in [0.29, 0.717) is 29.8 Å². The quantitative estimate of drug-likeness (QED) is 0.920. The molecule has 3 nitrogen and oxygen atoms in total. The van der Waals surface area contributed by atoms with Crippen LogP contribution in [0.3, 0.4) is 0 Å². The molecule has 0 radical (unpaired) electrons. The monoisotopic (exact) mass is 268 g/mol. The number of benzene rings is 1. The molecular weight excluding hydrogens is 255 g/mol. The van der Waals surface area contributed by atoms with Crippen molar-refractivity contribution in [3.8, 4) is 11.3 Å². The molecule has 1 aromatic carbocycles. The zero-order valence-electron chi connectivity index (χ0n) is 10.2. The van der Waals surface area contributed by atoms with Crippen LogP contribution in [-0.4, -0.2) is 11.0 Å². The Balaban J connectivity index is 2.16. The largest absolute Gasteiger partial charge is 0.439 e. The van der Waals surface area contributed by atoms with Gasteiger partial charge < -0.3 is 9.73 Å². The van der Waals surface area contributed by atoms with Gasteiger partial charge in [-0.15, -0.1) is 0 Å². The van der Waals surface area contributed by atoms with E-state index < -0.39 is 5.82 Å². The molecule has 0 aliphatic heterocycles. The number of halogens is 2. The fourth-order valence-electron chi connectivity index (χ4n) is 1.47. The van der Waals surface area contributed by atoms with Crippen molar-refractivity contribution in [2.24, 2.45) is 0 Å². The van der Waals surface area contributed by atoms with Gasteiger partial charge in [-0.3, -0.25) is 0 Å². The summed E-state index contributed by atoms with van der Waals surface area (Å²) in [6, 6.07) is 4.81. The van der Waals surface area contributed by atoms with Gasteiger partial charge in [0, 0.05) is 11.6 Å². The Labute approximate surface area is 110 Å². The third kappa shape index (κ3) is 3.09. The topological polar surface area (TPSA) is 38.1 Å². The summed E-state index contributed by atoms with van der Waals surface area (Å²) in [5, 5.41) is 3.28. The second-order valence-corrected chi connectivity index (χ2v) is 4.69. The molecule has 0 aliphatic rings. The number of aromatic nitrogens is 1. The van der Waals surface area contributed by atoms with Gasteiger partial charge in [-0.25, -0.2) is 9.37 Å². The second-order valence-electron chi connectivity index (χ2n) is 4.28. The van der Waals surface area contributed by atoms with E-state index in [9.17, 15) is 4.39 Å². The lowest BCUT2D eigenvalue weighted by molar-refractivity contribution is 0.459. The molecule has 0 atom stereocenters. The maximum Gasteiger partial charge on any atom is 0.208 e. The van der Waals surface area contributed by atoms with Crippen molar-refractivity contribution >= 4 is 11.6 Å². The van der Waals surface area contributed by atoms with E-state index >= 15 is 0 Å². The molecule has 0 amide bonds. The van der Waals surface area contributed by atoms with E-state index in [0.717, 1.165) is 0 Å². The van der Waals surface area contributed by atoms with Crippen LogP contribution in [0.15, 0.2) is 28.8 Å². The van der Waals surface area contributed by atoms with Crippen LogP contribution < -0.4 is 5.32 Å². The first-order valence-electron chi connectivity index (χ1n) is 5.70. The molecule has 0 saturated heterocycles. The highest BCUT2D eigenvalue weighted by Crippen LogP contribution is 2.25. The molecular formula is C13H14ClFN2O. The van der Waals surface area contributed by atoms with Crippen molar-refractivity contribution in [1.29, 1.82) is 0 Å². The molecule has 1 N–H and O–H groups in total. The Kier molecular flexibility index (Phi) is 3.99. The van der Waals surface area contributed by atoms with Crippen LogP contribution in [-0.2, 0) is 6.54 Å². The molecule has 2 rings (SSSR count). The third-order valence-corrected chi connectivity index (χ3v) is 2.71. The SMILES string of the molecule is CC(C)NCc1ncc(-c2ccc(F)c(Cl)c2)o1. The van der Waals surface area contributed by atoms with E-state index in [1.807, 2.05) is 13.8 Å². The summed E-state index contributed by atoms with van der Waals surface area (Å²) < 4.78 is 18.6. The first-order chi connectivity index (χ1) is 8.56. The maximum atomic E-state index is 13.0. The minimum atomic E-state index is -0.443. The van der Waals surface area contributed by atoms with Crippen LogP contribution in [0.25, 0.3) is 11.3 Å². The molecule has 1 heterocycles. The second kappa shape index (κ2) is 5.50. The predicted molar refractivity (Wildman–Crippen MR) is 68.9 cm³/mol. The van der Waals surface area contributed by atoms with Gasteiger partial charge in [-0.1, -0.05) is 25.4 Å². The van der Waals surface area contributed by atoms with E-state index in [-0.39, 0.29) is 5.02 Å². The van der Waals surface area contributed by atoms with Gasteiger partial charge in [0.15, 0.2) is 5.76 Å². The lowest BCUT2D eigenvalue weighted by Gasteiger charge is -2.04. The van der Waals surface area contributed by atoms with Crippen LogP contribution in [0.2, 0.25) is 5.02 Å². The van der Waals surface area contributed by atoms with Gasteiger partial charge in [-0.2, -0.15) is 0 Å². The Morgan fingerprint density at radius 3 is 2.89 bits per heavy atom. The lowest BCUT2D eigenvalue weighted by Crippen LogP contribution is -2.21. The van der Waals surface area contributed by atoms with E-state index in [1.54, 1.807) is 12.3 Å². The van der Waals surface area contributed by atoms with Crippen LogP contribution in [0.1, 0.15) is 19.7 Å². The predicted octanol–water partition coefficient (Wildman–Crippen LogP) is 3.63. The van der Waals surface area contributed by atoms with Crippen molar-refractivity contribution < 1.29 is 8.81 Å². The van der Waals surface area contributed by atoms with Gasteiger partial charge in [0.2, 0.25) is 5.89 Å². The standard InChI is InChI=1S/C13H14ClFN2O/c1-8(2)16-7-13-17-6-12(18-13)9-3-4-11(15)10(14)5-9/h3-6,8,16H,7H2,1-2H3. The number of nitrogens with one attached hydrogen (secondary N) is 1. The van der Waals surface area contributed by atoms with E-state index in [2.05, 4.69) is 10.3 Å². The van der Waals surface area contributed by atoms with Gasteiger partial charge in [0.05, 0.1) is 17.8 Å².